The Balaban J connectivity index is 1.34. The zero-order chi connectivity index (χ0) is 27.7. The van der Waals surface area contributed by atoms with Crippen molar-refractivity contribution in [3.05, 3.63) is 41.0 Å². The highest BCUT2D eigenvalue weighted by Crippen LogP contribution is 2.51. The van der Waals surface area contributed by atoms with Crippen LogP contribution in [0.5, 0.6) is 28.7 Å². The van der Waals surface area contributed by atoms with Gasteiger partial charge in [-0.2, -0.15) is 4.31 Å². The number of likely N-dealkylation sites (N-methyl/N-ethyl adjacent to an activating group) is 1. The number of hydrogen-bond donors (Lipinski definition) is 0. The van der Waals surface area contributed by atoms with Gasteiger partial charge in [-0.1, -0.05) is 6.07 Å². The van der Waals surface area contributed by atoms with Gasteiger partial charge in [0.2, 0.25) is 28.5 Å². The summed E-state index contributed by atoms with van der Waals surface area (Å²) >= 11 is 0. The van der Waals surface area contributed by atoms with Crippen molar-refractivity contribution in [3.8, 4) is 28.7 Å². The van der Waals surface area contributed by atoms with E-state index in [0.29, 0.717) is 48.1 Å². The molecule has 210 valence electrons. The van der Waals surface area contributed by atoms with E-state index in [2.05, 4.69) is 4.90 Å². The third-order valence-corrected chi connectivity index (χ3v) is 9.28. The van der Waals surface area contributed by atoms with E-state index in [1.165, 1.54) is 10.4 Å². The van der Waals surface area contributed by atoms with Gasteiger partial charge in [0.15, 0.2) is 23.0 Å². The second-order valence-corrected chi connectivity index (χ2v) is 11.4. The minimum atomic E-state index is -3.92. The van der Waals surface area contributed by atoms with Crippen LogP contribution in [0.25, 0.3) is 6.08 Å². The van der Waals surface area contributed by atoms with Crippen LogP contribution in [0.2, 0.25) is 0 Å². The highest BCUT2D eigenvalue weighted by Gasteiger charge is 2.41. The van der Waals surface area contributed by atoms with Crippen molar-refractivity contribution in [3.63, 3.8) is 0 Å². The van der Waals surface area contributed by atoms with E-state index in [1.807, 2.05) is 13.1 Å². The van der Waals surface area contributed by atoms with Crippen LogP contribution in [0.4, 0.5) is 0 Å². The smallest absolute Gasteiger partial charge is 0.247 e. The Morgan fingerprint density at radius 1 is 0.923 bits per heavy atom. The third-order valence-electron chi connectivity index (χ3n) is 7.29. The molecule has 0 saturated carbocycles. The van der Waals surface area contributed by atoms with Crippen LogP contribution in [0.1, 0.15) is 16.7 Å². The van der Waals surface area contributed by atoms with Crippen LogP contribution in [-0.2, 0) is 27.8 Å². The largest absolute Gasteiger partial charge is 0.493 e. The van der Waals surface area contributed by atoms with Crippen LogP contribution >= 0.6 is 0 Å². The van der Waals surface area contributed by atoms with Crippen molar-refractivity contribution in [2.75, 3.05) is 67.9 Å². The number of carbonyl (C=O) groups is 1. The first-order valence-electron chi connectivity index (χ1n) is 12.7. The molecule has 39 heavy (non-hydrogen) atoms. The molecule has 5 rings (SSSR count). The standard InChI is InChI=1S/C27H33N3O8S/c1-28-10-9-19-20(16-28)24(36-4)25-26(38-17-37-25)27(19)39(32,33)30-13-11-29(12-14-30)23(31)8-6-18-5-7-21(34-2)22(15-18)35-3/h5-8,15H,9-14,16-17H2,1-4H3. The molecule has 0 aromatic heterocycles. The average molecular weight is 560 g/mol. The highest BCUT2D eigenvalue weighted by atomic mass is 32.2. The SMILES string of the molecule is COc1ccc(C=CC(=O)N2CCN(S(=O)(=O)c3c4c(c(OC)c5c3OCO5)CN(C)CC4)CC2)cc1OC. The molecule has 2 aromatic rings. The van der Waals surface area contributed by atoms with Crippen molar-refractivity contribution < 1.29 is 36.9 Å². The first-order chi connectivity index (χ1) is 18.8. The van der Waals surface area contributed by atoms with E-state index < -0.39 is 10.0 Å². The Morgan fingerprint density at radius 2 is 1.64 bits per heavy atom. The number of amides is 1. The number of fused-ring (bicyclic) bond motifs is 2. The Labute approximate surface area is 228 Å². The first-order valence-corrected chi connectivity index (χ1v) is 14.1. The third kappa shape index (κ3) is 4.99. The molecule has 3 aliphatic heterocycles. The van der Waals surface area contributed by atoms with Crippen LogP contribution in [0.15, 0.2) is 29.2 Å². The summed E-state index contributed by atoms with van der Waals surface area (Å²) in [5.41, 5.74) is 2.31. The fourth-order valence-electron chi connectivity index (χ4n) is 5.24. The van der Waals surface area contributed by atoms with Gasteiger partial charge in [-0.25, -0.2) is 8.42 Å². The number of benzene rings is 2. The molecule has 0 unspecified atom stereocenters. The minimum Gasteiger partial charge on any atom is -0.493 e. The van der Waals surface area contributed by atoms with Crippen molar-refractivity contribution in [1.82, 2.24) is 14.1 Å². The number of carbonyl (C=O) groups excluding carboxylic acids is 1. The Kier molecular flexibility index (Phi) is 7.61. The van der Waals surface area contributed by atoms with E-state index in [9.17, 15) is 13.2 Å². The second kappa shape index (κ2) is 10.9. The molecule has 0 bridgehead atoms. The number of hydrogen-bond acceptors (Lipinski definition) is 9. The number of ether oxygens (including phenoxy) is 5. The Bertz CT molecular complexity index is 1400. The molecule has 3 aliphatic rings. The predicted octanol–water partition coefficient (Wildman–Crippen LogP) is 1.98. The lowest BCUT2D eigenvalue weighted by Gasteiger charge is -2.35. The molecule has 1 amide bonds. The number of sulfonamides is 1. The summed E-state index contributed by atoms with van der Waals surface area (Å²) in [5.74, 6) is 2.06. The van der Waals surface area contributed by atoms with Gasteiger partial charge in [0.1, 0.15) is 4.90 Å². The molecule has 1 fully saturated rings. The van der Waals surface area contributed by atoms with Crippen molar-refractivity contribution in [2.24, 2.45) is 0 Å². The summed E-state index contributed by atoms with van der Waals surface area (Å²) < 4.78 is 57.0. The maximum atomic E-state index is 14.0. The summed E-state index contributed by atoms with van der Waals surface area (Å²) in [7, 11) is 2.73. The van der Waals surface area contributed by atoms with E-state index in [4.69, 9.17) is 23.7 Å². The van der Waals surface area contributed by atoms with E-state index in [1.54, 1.807) is 44.4 Å². The first kappa shape index (κ1) is 27.1. The molecule has 0 atom stereocenters. The van der Waals surface area contributed by atoms with Gasteiger partial charge in [0, 0.05) is 50.9 Å². The molecule has 0 N–H and O–H groups in total. The molecule has 12 heteroatoms. The highest BCUT2D eigenvalue weighted by molar-refractivity contribution is 7.89. The van der Waals surface area contributed by atoms with Crippen molar-refractivity contribution in [1.29, 1.82) is 0 Å². The Morgan fingerprint density at radius 3 is 2.33 bits per heavy atom. The van der Waals surface area contributed by atoms with Gasteiger partial charge < -0.3 is 33.5 Å². The maximum absolute atomic E-state index is 14.0. The molecule has 2 aromatic carbocycles. The number of nitrogens with zero attached hydrogens (tertiary/aromatic N) is 3. The van der Waals surface area contributed by atoms with E-state index in [0.717, 1.165) is 11.1 Å². The lowest BCUT2D eigenvalue weighted by Crippen LogP contribution is -2.50. The summed E-state index contributed by atoms with van der Waals surface area (Å²) in [6.07, 6.45) is 3.74. The maximum Gasteiger partial charge on any atom is 0.247 e. The van der Waals surface area contributed by atoms with Crippen molar-refractivity contribution in [2.45, 2.75) is 17.9 Å². The second-order valence-electron chi connectivity index (χ2n) is 9.55. The normalized spacial score (nSPS) is 17.8. The van der Waals surface area contributed by atoms with Crippen LogP contribution < -0.4 is 23.7 Å². The monoisotopic (exact) mass is 559 g/mol. The van der Waals surface area contributed by atoms with E-state index in [-0.39, 0.29) is 49.5 Å². The van der Waals surface area contributed by atoms with Crippen LogP contribution in [0, 0.1) is 0 Å². The number of piperazine rings is 1. The fourth-order valence-corrected chi connectivity index (χ4v) is 7.07. The summed E-state index contributed by atoms with van der Waals surface area (Å²) in [5, 5.41) is 0. The molecular weight excluding hydrogens is 526 g/mol. The van der Waals surface area contributed by atoms with Crippen LogP contribution in [-0.4, -0.2) is 96.3 Å². The molecule has 11 nitrogen and oxygen atoms in total. The number of methoxy groups -OCH3 is 3. The fraction of sp³-hybridized carbons (Fsp3) is 0.444. The summed E-state index contributed by atoms with van der Waals surface area (Å²) in [6, 6.07) is 5.38. The van der Waals surface area contributed by atoms with Gasteiger partial charge in [0.05, 0.1) is 21.3 Å². The molecular formula is C27H33N3O8S. The van der Waals surface area contributed by atoms with Gasteiger partial charge in [-0.15, -0.1) is 0 Å². The zero-order valence-corrected chi connectivity index (χ0v) is 23.4. The quantitative estimate of drug-likeness (QED) is 0.471. The Hall–Kier alpha value is -3.48. The molecule has 0 radical (unpaired) electrons. The van der Waals surface area contributed by atoms with E-state index >= 15 is 0 Å². The van der Waals surface area contributed by atoms with Gasteiger partial charge in [-0.05, 0) is 42.8 Å². The average Bonchev–Trinajstić information content (AvgIpc) is 3.43. The number of rotatable bonds is 7. The van der Waals surface area contributed by atoms with Gasteiger partial charge in [0.25, 0.3) is 0 Å². The molecule has 0 aliphatic carbocycles. The zero-order valence-electron chi connectivity index (χ0n) is 22.6. The summed E-state index contributed by atoms with van der Waals surface area (Å²) in [6.45, 7) is 2.09. The van der Waals surface area contributed by atoms with Crippen molar-refractivity contribution >= 4 is 22.0 Å². The lowest BCUT2D eigenvalue weighted by molar-refractivity contribution is -0.127. The molecule has 3 heterocycles. The molecule has 0 spiro atoms. The minimum absolute atomic E-state index is 0.0678. The topological polar surface area (TPSA) is 107 Å². The molecule has 1 saturated heterocycles. The van der Waals surface area contributed by atoms with Gasteiger partial charge >= 0.3 is 0 Å². The lowest BCUT2D eigenvalue weighted by atomic mass is 9.97. The van der Waals surface area contributed by atoms with Crippen LogP contribution in [0.3, 0.4) is 0 Å². The van der Waals surface area contributed by atoms with Gasteiger partial charge in [-0.3, -0.25) is 4.79 Å². The summed E-state index contributed by atoms with van der Waals surface area (Å²) in [4.78, 5) is 16.8. The predicted molar refractivity (Wildman–Crippen MR) is 143 cm³/mol.